The molecule has 3 aliphatic heterocycles. The minimum absolute atomic E-state index is 0.116. The zero-order valence-corrected chi connectivity index (χ0v) is 17.3. The molecule has 0 unspecified atom stereocenters. The van der Waals surface area contributed by atoms with Crippen molar-refractivity contribution < 1.29 is 19.3 Å². The predicted molar refractivity (Wildman–Crippen MR) is 113 cm³/mol. The molecule has 29 heavy (non-hydrogen) atoms. The van der Waals surface area contributed by atoms with Gasteiger partial charge in [0.05, 0.1) is 12.5 Å². The van der Waals surface area contributed by atoms with Crippen molar-refractivity contribution in [3.63, 3.8) is 0 Å². The van der Waals surface area contributed by atoms with Crippen molar-refractivity contribution in [2.24, 2.45) is 0 Å². The third kappa shape index (κ3) is 2.98. The molecule has 2 aromatic carbocycles. The van der Waals surface area contributed by atoms with Crippen LogP contribution in [0.25, 0.3) is 6.08 Å². The van der Waals surface area contributed by atoms with Crippen molar-refractivity contribution in [3.8, 4) is 23.0 Å². The lowest BCUT2D eigenvalue weighted by Crippen LogP contribution is -2.28. The highest BCUT2D eigenvalue weighted by Gasteiger charge is 2.43. The summed E-state index contributed by atoms with van der Waals surface area (Å²) in [6.07, 6.45) is 6.83. The highest BCUT2D eigenvalue weighted by molar-refractivity contribution is 5.66. The van der Waals surface area contributed by atoms with E-state index in [1.54, 1.807) is 6.07 Å². The number of allylic oxidation sites excluding steroid dienone is 2. The summed E-state index contributed by atoms with van der Waals surface area (Å²) in [7, 11) is 0. The van der Waals surface area contributed by atoms with Gasteiger partial charge >= 0.3 is 0 Å². The van der Waals surface area contributed by atoms with E-state index in [9.17, 15) is 5.11 Å². The van der Waals surface area contributed by atoms with Gasteiger partial charge < -0.3 is 19.3 Å². The van der Waals surface area contributed by atoms with Gasteiger partial charge in [0.2, 0.25) is 0 Å². The first-order valence-corrected chi connectivity index (χ1v) is 10.2. The lowest BCUT2D eigenvalue weighted by atomic mass is 9.87. The summed E-state index contributed by atoms with van der Waals surface area (Å²) in [6.45, 7) is 8.76. The monoisotopic (exact) mass is 390 g/mol. The first-order chi connectivity index (χ1) is 13.8. The third-order valence-corrected chi connectivity index (χ3v) is 5.89. The molecule has 3 heterocycles. The van der Waals surface area contributed by atoms with Crippen molar-refractivity contribution in [3.05, 3.63) is 64.2 Å². The molecule has 5 rings (SSSR count). The average Bonchev–Trinajstić information content (AvgIpc) is 3.04. The van der Waals surface area contributed by atoms with E-state index >= 15 is 0 Å². The number of hydrogen-bond acceptors (Lipinski definition) is 4. The van der Waals surface area contributed by atoms with Gasteiger partial charge in [-0.15, -0.1) is 0 Å². The molecule has 0 aliphatic carbocycles. The quantitative estimate of drug-likeness (QED) is 0.669. The van der Waals surface area contributed by atoms with Crippen LogP contribution in [0, 0.1) is 0 Å². The Morgan fingerprint density at radius 1 is 1.17 bits per heavy atom. The Bertz CT molecular complexity index is 1060. The standard InChI is InChI=1S/C25H26O4/c1-14(2)5-6-17-20(26)8-7-16-19-13-27-22-12-21-15(9-10-25(3,4)29-21)11-18(22)24(19)28-23(16)17/h5,7-12,19,24,26H,6,13H2,1-4H3/t19-,24-/m0/s1. The molecule has 2 atom stereocenters. The summed E-state index contributed by atoms with van der Waals surface area (Å²) in [5.74, 6) is 2.86. The predicted octanol–water partition coefficient (Wildman–Crippen LogP) is 5.69. The Morgan fingerprint density at radius 2 is 2.00 bits per heavy atom. The Kier molecular flexibility index (Phi) is 3.95. The molecule has 1 N–H and O–H groups in total. The molecule has 0 saturated carbocycles. The van der Waals surface area contributed by atoms with Crippen LogP contribution in [0.2, 0.25) is 0 Å². The van der Waals surface area contributed by atoms with Crippen LogP contribution in [-0.4, -0.2) is 17.3 Å². The van der Waals surface area contributed by atoms with Gasteiger partial charge in [-0.2, -0.15) is 0 Å². The molecule has 4 heteroatoms. The highest BCUT2D eigenvalue weighted by Crippen LogP contribution is 2.54. The van der Waals surface area contributed by atoms with E-state index in [4.69, 9.17) is 14.2 Å². The summed E-state index contributed by atoms with van der Waals surface area (Å²) in [5, 5.41) is 10.5. The zero-order chi connectivity index (χ0) is 20.3. The van der Waals surface area contributed by atoms with Crippen LogP contribution in [0.1, 0.15) is 62.0 Å². The molecule has 0 fully saturated rings. The smallest absolute Gasteiger partial charge is 0.138 e. The minimum Gasteiger partial charge on any atom is -0.508 e. The van der Waals surface area contributed by atoms with Crippen LogP contribution in [-0.2, 0) is 6.42 Å². The van der Waals surface area contributed by atoms with Gasteiger partial charge in [0.15, 0.2) is 0 Å². The minimum atomic E-state index is -0.324. The second-order valence-corrected chi connectivity index (χ2v) is 8.89. The van der Waals surface area contributed by atoms with Gasteiger partial charge in [-0.25, -0.2) is 0 Å². The highest BCUT2D eigenvalue weighted by atomic mass is 16.5. The lowest BCUT2D eigenvalue weighted by molar-refractivity contribution is 0.134. The largest absolute Gasteiger partial charge is 0.508 e. The molecule has 2 aromatic rings. The third-order valence-electron chi connectivity index (χ3n) is 5.89. The SMILES string of the molecule is CC(C)=CCc1c(O)ccc2c1O[C@H]1c3cc4c(cc3OC[C@@H]21)OC(C)(C)C=C4. The second kappa shape index (κ2) is 6.31. The van der Waals surface area contributed by atoms with Crippen LogP contribution in [0.5, 0.6) is 23.0 Å². The van der Waals surface area contributed by atoms with Crippen molar-refractivity contribution in [2.75, 3.05) is 6.61 Å². The fourth-order valence-electron chi connectivity index (χ4n) is 4.35. The van der Waals surface area contributed by atoms with E-state index in [-0.39, 0.29) is 23.4 Å². The number of aromatic hydroxyl groups is 1. The van der Waals surface area contributed by atoms with E-state index in [0.717, 1.165) is 39.5 Å². The van der Waals surface area contributed by atoms with Gasteiger partial charge in [-0.1, -0.05) is 23.8 Å². The topological polar surface area (TPSA) is 47.9 Å². The van der Waals surface area contributed by atoms with Gasteiger partial charge in [0.25, 0.3) is 0 Å². The number of phenolic OH excluding ortho intramolecular Hbond substituents is 1. The summed E-state index contributed by atoms with van der Waals surface area (Å²) in [6, 6.07) is 7.86. The normalized spacial score (nSPS) is 22.2. The van der Waals surface area contributed by atoms with Crippen LogP contribution in [0.4, 0.5) is 0 Å². The van der Waals surface area contributed by atoms with Crippen LogP contribution in [0.15, 0.2) is 42.0 Å². The molecule has 0 amide bonds. The van der Waals surface area contributed by atoms with E-state index < -0.39 is 0 Å². The molecule has 3 aliphatic rings. The maximum Gasteiger partial charge on any atom is 0.138 e. The molecule has 0 bridgehead atoms. The summed E-state index contributed by atoms with van der Waals surface area (Å²) in [5.41, 5.74) is 4.93. The van der Waals surface area contributed by atoms with E-state index in [0.29, 0.717) is 13.0 Å². The summed E-state index contributed by atoms with van der Waals surface area (Å²) < 4.78 is 18.7. The number of phenols is 1. The molecule has 4 nitrogen and oxygen atoms in total. The number of ether oxygens (including phenoxy) is 3. The molecule has 0 spiro atoms. The van der Waals surface area contributed by atoms with Crippen molar-refractivity contribution >= 4 is 6.08 Å². The van der Waals surface area contributed by atoms with Gasteiger partial charge in [-0.05, 0) is 52.3 Å². The van der Waals surface area contributed by atoms with Gasteiger partial charge in [-0.3, -0.25) is 0 Å². The van der Waals surface area contributed by atoms with Crippen molar-refractivity contribution in [1.29, 1.82) is 0 Å². The van der Waals surface area contributed by atoms with Crippen LogP contribution in [0.3, 0.4) is 0 Å². The van der Waals surface area contributed by atoms with Crippen molar-refractivity contribution in [1.82, 2.24) is 0 Å². The fourth-order valence-corrected chi connectivity index (χ4v) is 4.35. The first-order valence-electron chi connectivity index (χ1n) is 10.2. The Hall–Kier alpha value is -2.88. The number of fused-ring (bicyclic) bond motifs is 6. The average molecular weight is 390 g/mol. The summed E-state index contributed by atoms with van der Waals surface area (Å²) in [4.78, 5) is 0. The molecule has 0 saturated heterocycles. The first kappa shape index (κ1) is 18.2. The van der Waals surface area contributed by atoms with E-state index in [2.05, 4.69) is 38.1 Å². The summed E-state index contributed by atoms with van der Waals surface area (Å²) >= 11 is 0. The van der Waals surface area contributed by atoms with Crippen molar-refractivity contribution in [2.45, 2.75) is 51.7 Å². The molecular formula is C25H26O4. The van der Waals surface area contributed by atoms with E-state index in [1.807, 2.05) is 26.0 Å². The molecule has 0 aromatic heterocycles. The van der Waals surface area contributed by atoms with Crippen LogP contribution < -0.4 is 14.2 Å². The Labute approximate surface area is 171 Å². The number of rotatable bonds is 2. The lowest BCUT2D eigenvalue weighted by Gasteiger charge is -2.32. The Balaban J connectivity index is 1.55. The van der Waals surface area contributed by atoms with E-state index in [1.165, 1.54) is 5.57 Å². The second-order valence-electron chi connectivity index (χ2n) is 8.89. The maximum absolute atomic E-state index is 10.5. The molecular weight excluding hydrogens is 364 g/mol. The molecule has 150 valence electrons. The maximum atomic E-state index is 10.5. The molecule has 0 radical (unpaired) electrons. The Morgan fingerprint density at radius 3 is 2.79 bits per heavy atom. The van der Waals surface area contributed by atoms with Gasteiger partial charge in [0.1, 0.15) is 34.7 Å². The van der Waals surface area contributed by atoms with Crippen LogP contribution >= 0.6 is 0 Å². The fraction of sp³-hybridized carbons (Fsp3) is 0.360. The van der Waals surface area contributed by atoms with Gasteiger partial charge in [0, 0.05) is 28.3 Å². The zero-order valence-electron chi connectivity index (χ0n) is 17.3. The number of hydrogen-bond donors (Lipinski definition) is 1. The number of benzene rings is 2.